The second kappa shape index (κ2) is 6.74. The van der Waals surface area contributed by atoms with Crippen molar-refractivity contribution < 1.29 is 8.42 Å². The molecule has 4 nitrogen and oxygen atoms in total. The number of alkyl halides is 1. The molecule has 1 atom stereocenters. The van der Waals surface area contributed by atoms with Gasteiger partial charge < -0.3 is 0 Å². The van der Waals surface area contributed by atoms with Crippen LogP contribution in [0.4, 0.5) is 0 Å². The number of rotatable bonds is 7. The fourth-order valence-corrected chi connectivity index (χ4v) is 4.93. The summed E-state index contributed by atoms with van der Waals surface area (Å²) in [4.78, 5) is 0. The average Bonchev–Trinajstić information content (AvgIpc) is 3.23. The van der Waals surface area contributed by atoms with E-state index in [2.05, 4.69) is 6.92 Å². The van der Waals surface area contributed by atoms with Gasteiger partial charge in [0.25, 0.3) is 10.2 Å². The van der Waals surface area contributed by atoms with E-state index in [1.807, 2.05) is 0 Å². The molecule has 2 fully saturated rings. The standard InChI is InChI=1S/C13H25ClN2O2S/c1-2-3-9-16(13-6-7-13)19(17,18)15-8-4-5-12(10-14)11-15/h12-13H,2-11H2,1H3. The fraction of sp³-hybridized carbons (Fsp3) is 1.00. The molecule has 2 rings (SSSR count). The first-order chi connectivity index (χ1) is 9.09. The van der Waals surface area contributed by atoms with Crippen LogP contribution in [0.1, 0.15) is 45.4 Å². The summed E-state index contributed by atoms with van der Waals surface area (Å²) in [5, 5.41) is 0. The van der Waals surface area contributed by atoms with Crippen molar-refractivity contribution in [1.82, 2.24) is 8.61 Å². The SMILES string of the molecule is CCCCN(C1CC1)S(=O)(=O)N1CCCC(CCl)C1. The predicted molar refractivity (Wildman–Crippen MR) is 78.6 cm³/mol. The Balaban J connectivity index is 2.05. The Morgan fingerprint density at radius 2 is 2.05 bits per heavy atom. The second-order valence-corrected chi connectivity index (χ2v) is 7.91. The summed E-state index contributed by atoms with van der Waals surface area (Å²) in [6.07, 6.45) is 6.01. The fourth-order valence-electron chi connectivity index (χ4n) is 2.67. The Morgan fingerprint density at radius 1 is 1.32 bits per heavy atom. The monoisotopic (exact) mass is 308 g/mol. The molecular weight excluding hydrogens is 284 g/mol. The maximum Gasteiger partial charge on any atom is 0.282 e. The summed E-state index contributed by atoms with van der Waals surface area (Å²) in [6, 6.07) is 0.257. The van der Waals surface area contributed by atoms with E-state index in [-0.39, 0.29) is 6.04 Å². The number of nitrogens with zero attached hydrogens (tertiary/aromatic N) is 2. The number of piperidine rings is 1. The minimum absolute atomic E-state index is 0.257. The van der Waals surface area contributed by atoms with E-state index in [4.69, 9.17) is 11.6 Å². The van der Waals surface area contributed by atoms with Gasteiger partial charge in [-0.3, -0.25) is 0 Å². The maximum atomic E-state index is 12.7. The summed E-state index contributed by atoms with van der Waals surface area (Å²) in [5.74, 6) is 0.877. The Labute approximate surface area is 122 Å². The van der Waals surface area contributed by atoms with E-state index in [0.717, 1.165) is 38.5 Å². The lowest BCUT2D eigenvalue weighted by Crippen LogP contribution is -2.49. The Morgan fingerprint density at radius 3 is 2.63 bits per heavy atom. The van der Waals surface area contributed by atoms with Gasteiger partial charge >= 0.3 is 0 Å². The zero-order valence-corrected chi connectivity index (χ0v) is 13.3. The van der Waals surface area contributed by atoms with Crippen LogP contribution in [0, 0.1) is 5.92 Å². The zero-order chi connectivity index (χ0) is 13.9. The van der Waals surface area contributed by atoms with Crippen molar-refractivity contribution in [3.05, 3.63) is 0 Å². The maximum absolute atomic E-state index is 12.7. The molecule has 0 spiro atoms. The van der Waals surface area contributed by atoms with Gasteiger partial charge in [-0.15, -0.1) is 11.6 Å². The molecule has 112 valence electrons. The Bertz CT molecular complexity index is 384. The highest BCUT2D eigenvalue weighted by Gasteiger charge is 2.41. The summed E-state index contributed by atoms with van der Waals surface area (Å²) in [7, 11) is -3.27. The van der Waals surface area contributed by atoms with E-state index >= 15 is 0 Å². The molecular formula is C13H25ClN2O2S. The number of hydrogen-bond acceptors (Lipinski definition) is 2. The largest absolute Gasteiger partial charge is 0.282 e. The quantitative estimate of drug-likeness (QED) is 0.678. The highest BCUT2D eigenvalue weighted by atomic mass is 35.5. The minimum Gasteiger partial charge on any atom is -0.195 e. The summed E-state index contributed by atoms with van der Waals surface area (Å²) >= 11 is 5.90. The molecule has 0 bridgehead atoms. The molecule has 19 heavy (non-hydrogen) atoms. The molecule has 1 unspecified atom stereocenters. The third kappa shape index (κ3) is 3.84. The normalized spacial score (nSPS) is 25.9. The average molecular weight is 309 g/mol. The van der Waals surface area contributed by atoms with Crippen molar-refractivity contribution in [2.75, 3.05) is 25.5 Å². The van der Waals surface area contributed by atoms with E-state index in [1.54, 1.807) is 8.61 Å². The van der Waals surface area contributed by atoms with Gasteiger partial charge in [0.2, 0.25) is 0 Å². The molecule has 0 N–H and O–H groups in total. The van der Waals surface area contributed by atoms with Crippen molar-refractivity contribution in [2.45, 2.75) is 51.5 Å². The van der Waals surface area contributed by atoms with Crippen molar-refractivity contribution >= 4 is 21.8 Å². The molecule has 0 aromatic carbocycles. The second-order valence-electron chi connectivity index (χ2n) is 5.72. The van der Waals surface area contributed by atoms with Crippen LogP contribution >= 0.6 is 11.6 Å². The van der Waals surface area contributed by atoms with Crippen LogP contribution in [0.25, 0.3) is 0 Å². The number of halogens is 1. The lowest BCUT2D eigenvalue weighted by molar-refractivity contribution is 0.256. The number of unbranched alkanes of at least 4 members (excludes halogenated alkanes) is 1. The van der Waals surface area contributed by atoms with E-state index in [9.17, 15) is 8.42 Å². The van der Waals surface area contributed by atoms with Crippen molar-refractivity contribution in [1.29, 1.82) is 0 Å². The zero-order valence-electron chi connectivity index (χ0n) is 11.7. The van der Waals surface area contributed by atoms with Crippen LogP contribution in [0.5, 0.6) is 0 Å². The van der Waals surface area contributed by atoms with Crippen molar-refractivity contribution in [3.63, 3.8) is 0 Å². The van der Waals surface area contributed by atoms with Gasteiger partial charge in [-0.05, 0) is 38.0 Å². The summed E-state index contributed by atoms with van der Waals surface area (Å²) in [5.41, 5.74) is 0. The van der Waals surface area contributed by atoms with Crippen LogP contribution in [0.15, 0.2) is 0 Å². The molecule has 1 heterocycles. The first-order valence-electron chi connectivity index (χ1n) is 7.42. The van der Waals surface area contributed by atoms with Gasteiger partial charge in [-0.1, -0.05) is 13.3 Å². The van der Waals surface area contributed by atoms with Gasteiger partial charge in [-0.2, -0.15) is 17.0 Å². The first-order valence-corrected chi connectivity index (χ1v) is 9.35. The molecule has 6 heteroatoms. The molecule has 1 saturated carbocycles. The van der Waals surface area contributed by atoms with Crippen LogP contribution in [-0.2, 0) is 10.2 Å². The van der Waals surface area contributed by atoms with Gasteiger partial charge in [0.05, 0.1) is 0 Å². The number of hydrogen-bond donors (Lipinski definition) is 0. The van der Waals surface area contributed by atoms with Crippen LogP contribution in [0.3, 0.4) is 0 Å². The van der Waals surface area contributed by atoms with Gasteiger partial charge in [-0.25, -0.2) is 0 Å². The smallest absolute Gasteiger partial charge is 0.195 e. The highest BCUT2D eigenvalue weighted by molar-refractivity contribution is 7.86. The molecule has 0 amide bonds. The molecule has 1 aliphatic heterocycles. The molecule has 0 aromatic rings. The first kappa shape index (κ1) is 15.5. The summed E-state index contributed by atoms with van der Waals surface area (Å²) < 4.78 is 28.9. The molecule has 1 saturated heterocycles. The minimum atomic E-state index is -3.27. The molecule has 2 aliphatic rings. The van der Waals surface area contributed by atoms with E-state index in [0.29, 0.717) is 31.4 Å². The Hall–Kier alpha value is 0.160. The van der Waals surface area contributed by atoms with Crippen LogP contribution in [0.2, 0.25) is 0 Å². The molecule has 0 radical (unpaired) electrons. The van der Waals surface area contributed by atoms with Gasteiger partial charge in [0, 0.05) is 31.6 Å². The van der Waals surface area contributed by atoms with Gasteiger partial charge in [0.1, 0.15) is 0 Å². The Kier molecular flexibility index (Phi) is 5.52. The van der Waals surface area contributed by atoms with Gasteiger partial charge in [0.15, 0.2) is 0 Å². The van der Waals surface area contributed by atoms with Crippen LogP contribution in [-0.4, -0.2) is 48.6 Å². The van der Waals surface area contributed by atoms with E-state index < -0.39 is 10.2 Å². The van der Waals surface area contributed by atoms with Crippen molar-refractivity contribution in [3.8, 4) is 0 Å². The summed E-state index contributed by atoms with van der Waals surface area (Å²) in [6.45, 7) is 4.03. The lowest BCUT2D eigenvalue weighted by Gasteiger charge is -2.35. The van der Waals surface area contributed by atoms with E-state index in [1.165, 1.54) is 0 Å². The lowest BCUT2D eigenvalue weighted by atomic mass is 10.0. The molecule has 1 aliphatic carbocycles. The van der Waals surface area contributed by atoms with Crippen molar-refractivity contribution in [2.24, 2.45) is 5.92 Å². The molecule has 0 aromatic heterocycles. The topological polar surface area (TPSA) is 40.6 Å². The third-order valence-corrected chi connectivity index (χ3v) is 6.50. The predicted octanol–water partition coefficient (Wildman–Crippen LogP) is 2.45. The highest BCUT2D eigenvalue weighted by Crippen LogP contribution is 2.32. The third-order valence-electron chi connectivity index (χ3n) is 4.01. The van der Waals surface area contributed by atoms with Crippen LogP contribution < -0.4 is 0 Å².